The number of rotatable bonds is 7. The summed E-state index contributed by atoms with van der Waals surface area (Å²) < 4.78 is 0. The van der Waals surface area contributed by atoms with Gasteiger partial charge in [0.1, 0.15) is 0 Å². The molecule has 3 unspecified atom stereocenters. The average Bonchev–Trinajstić information content (AvgIpc) is 2.41. The highest BCUT2D eigenvalue weighted by Gasteiger charge is 2.36. The molecule has 126 valence electrons. The van der Waals surface area contributed by atoms with Gasteiger partial charge >= 0.3 is 0 Å². The van der Waals surface area contributed by atoms with Crippen molar-refractivity contribution in [2.45, 2.75) is 93.0 Å². The minimum Gasteiger partial charge on any atom is -0.314 e. The first-order chi connectivity index (χ1) is 9.77. The Kier molecular flexibility index (Phi) is 7.74. The molecule has 1 saturated carbocycles. The van der Waals surface area contributed by atoms with Gasteiger partial charge in [-0.25, -0.2) is 0 Å². The second-order valence-electron chi connectivity index (χ2n) is 8.88. The summed E-state index contributed by atoms with van der Waals surface area (Å²) in [5.74, 6) is 3.72. The molecule has 1 aliphatic rings. The van der Waals surface area contributed by atoms with Gasteiger partial charge in [-0.15, -0.1) is 0 Å². The van der Waals surface area contributed by atoms with Crippen molar-refractivity contribution in [3.8, 4) is 0 Å². The van der Waals surface area contributed by atoms with Gasteiger partial charge in [-0.05, 0) is 61.3 Å². The van der Waals surface area contributed by atoms with Crippen molar-refractivity contribution in [3.63, 3.8) is 0 Å². The minimum atomic E-state index is 0.489. The summed E-state index contributed by atoms with van der Waals surface area (Å²) >= 11 is 0. The predicted molar refractivity (Wildman–Crippen MR) is 95.6 cm³/mol. The third-order valence-electron chi connectivity index (χ3n) is 5.94. The van der Waals surface area contributed by atoms with Gasteiger partial charge in [0.15, 0.2) is 0 Å². The molecule has 0 saturated heterocycles. The van der Waals surface area contributed by atoms with Gasteiger partial charge in [0, 0.05) is 6.04 Å². The van der Waals surface area contributed by atoms with Crippen LogP contribution in [0.25, 0.3) is 0 Å². The molecule has 21 heavy (non-hydrogen) atoms. The van der Waals surface area contributed by atoms with Crippen LogP contribution in [0.15, 0.2) is 0 Å². The van der Waals surface area contributed by atoms with E-state index in [-0.39, 0.29) is 0 Å². The largest absolute Gasteiger partial charge is 0.314 e. The Bertz CT molecular complexity index is 272. The van der Waals surface area contributed by atoms with E-state index in [2.05, 4.69) is 53.8 Å². The van der Waals surface area contributed by atoms with Crippen LogP contribution in [0.4, 0.5) is 0 Å². The Morgan fingerprint density at radius 1 is 1.00 bits per heavy atom. The van der Waals surface area contributed by atoms with Crippen molar-refractivity contribution in [2.24, 2.45) is 29.1 Å². The molecule has 0 heterocycles. The first kappa shape index (κ1) is 19.0. The Labute approximate surface area is 134 Å². The maximum absolute atomic E-state index is 3.71. The molecule has 0 spiro atoms. The van der Waals surface area contributed by atoms with E-state index in [4.69, 9.17) is 0 Å². The van der Waals surface area contributed by atoms with E-state index in [9.17, 15) is 0 Å². The van der Waals surface area contributed by atoms with E-state index < -0.39 is 0 Å². The lowest BCUT2D eigenvalue weighted by Gasteiger charge is -2.43. The molecular formula is C20H41N. The molecule has 1 aliphatic carbocycles. The summed E-state index contributed by atoms with van der Waals surface area (Å²) in [7, 11) is 0. The van der Waals surface area contributed by atoms with Gasteiger partial charge in [-0.1, -0.05) is 61.3 Å². The molecule has 1 fully saturated rings. The molecule has 0 aliphatic heterocycles. The second kappa shape index (κ2) is 8.56. The fourth-order valence-electron chi connectivity index (χ4n) is 4.11. The van der Waals surface area contributed by atoms with Crippen LogP contribution < -0.4 is 5.32 Å². The molecule has 1 N–H and O–H groups in total. The van der Waals surface area contributed by atoms with E-state index in [0.29, 0.717) is 11.5 Å². The zero-order chi connectivity index (χ0) is 16.0. The SMILES string of the molecule is CCC(CC)CC1CC(C(C)(C)C)CCC1CNC(C)C. The molecule has 0 radical (unpaired) electrons. The van der Waals surface area contributed by atoms with Crippen LogP contribution in [0, 0.1) is 29.1 Å². The van der Waals surface area contributed by atoms with Crippen molar-refractivity contribution in [1.82, 2.24) is 5.32 Å². The highest BCUT2D eigenvalue weighted by atomic mass is 14.9. The average molecular weight is 296 g/mol. The lowest BCUT2D eigenvalue weighted by molar-refractivity contribution is 0.0809. The first-order valence-electron chi connectivity index (χ1n) is 9.51. The molecular weight excluding hydrogens is 254 g/mol. The van der Waals surface area contributed by atoms with E-state index in [0.717, 1.165) is 23.7 Å². The van der Waals surface area contributed by atoms with Crippen LogP contribution in [0.5, 0.6) is 0 Å². The normalized spacial score (nSPS) is 27.6. The number of hydrogen-bond donors (Lipinski definition) is 1. The summed E-state index contributed by atoms with van der Waals surface area (Å²) in [5.41, 5.74) is 0.489. The van der Waals surface area contributed by atoms with E-state index >= 15 is 0 Å². The fraction of sp³-hybridized carbons (Fsp3) is 1.00. The minimum absolute atomic E-state index is 0.489. The van der Waals surface area contributed by atoms with Crippen molar-refractivity contribution < 1.29 is 0 Å². The van der Waals surface area contributed by atoms with E-state index in [1.165, 1.54) is 45.1 Å². The summed E-state index contributed by atoms with van der Waals surface area (Å²) in [4.78, 5) is 0. The highest BCUT2D eigenvalue weighted by molar-refractivity contribution is 4.87. The second-order valence-corrected chi connectivity index (χ2v) is 8.88. The molecule has 1 nitrogen and oxygen atoms in total. The van der Waals surface area contributed by atoms with Crippen LogP contribution >= 0.6 is 0 Å². The molecule has 1 rings (SSSR count). The molecule has 0 aromatic heterocycles. The van der Waals surface area contributed by atoms with Crippen LogP contribution in [-0.2, 0) is 0 Å². The lowest BCUT2D eigenvalue weighted by atomic mass is 9.63. The Balaban J connectivity index is 2.68. The van der Waals surface area contributed by atoms with Gasteiger partial charge < -0.3 is 5.32 Å². The van der Waals surface area contributed by atoms with Gasteiger partial charge in [0.25, 0.3) is 0 Å². The lowest BCUT2D eigenvalue weighted by Crippen LogP contribution is -2.39. The number of hydrogen-bond acceptors (Lipinski definition) is 1. The molecule has 3 atom stereocenters. The summed E-state index contributed by atoms with van der Waals surface area (Å²) in [5, 5.41) is 3.71. The summed E-state index contributed by atoms with van der Waals surface area (Å²) in [6, 6.07) is 0.624. The molecule has 1 heteroatoms. The summed E-state index contributed by atoms with van der Waals surface area (Å²) in [6.45, 7) is 17.9. The van der Waals surface area contributed by atoms with E-state index in [1.807, 2.05) is 0 Å². The third-order valence-corrected chi connectivity index (χ3v) is 5.94. The maximum atomic E-state index is 3.71. The zero-order valence-corrected chi connectivity index (χ0v) is 15.8. The van der Waals surface area contributed by atoms with Crippen molar-refractivity contribution in [1.29, 1.82) is 0 Å². The van der Waals surface area contributed by atoms with Crippen molar-refractivity contribution in [2.75, 3.05) is 6.54 Å². The third kappa shape index (κ3) is 6.30. The van der Waals surface area contributed by atoms with Gasteiger partial charge in [0.05, 0.1) is 0 Å². The maximum Gasteiger partial charge on any atom is 0.00104 e. The van der Waals surface area contributed by atoms with Gasteiger partial charge in [0.2, 0.25) is 0 Å². The van der Waals surface area contributed by atoms with Crippen LogP contribution in [-0.4, -0.2) is 12.6 Å². The summed E-state index contributed by atoms with van der Waals surface area (Å²) in [6.07, 6.45) is 8.52. The van der Waals surface area contributed by atoms with Crippen LogP contribution in [0.2, 0.25) is 0 Å². The highest BCUT2D eigenvalue weighted by Crippen LogP contribution is 2.45. The fourth-order valence-corrected chi connectivity index (χ4v) is 4.11. The Morgan fingerprint density at radius 2 is 1.62 bits per heavy atom. The van der Waals surface area contributed by atoms with Crippen molar-refractivity contribution >= 4 is 0 Å². The van der Waals surface area contributed by atoms with Gasteiger partial charge in [-0.3, -0.25) is 0 Å². The van der Waals surface area contributed by atoms with Crippen molar-refractivity contribution in [3.05, 3.63) is 0 Å². The zero-order valence-electron chi connectivity index (χ0n) is 15.8. The molecule has 0 aromatic rings. The van der Waals surface area contributed by atoms with Crippen LogP contribution in [0.1, 0.15) is 87.0 Å². The van der Waals surface area contributed by atoms with Crippen LogP contribution in [0.3, 0.4) is 0 Å². The molecule has 0 aromatic carbocycles. The Hall–Kier alpha value is -0.0400. The predicted octanol–water partition coefficient (Wildman–Crippen LogP) is 5.89. The first-order valence-corrected chi connectivity index (χ1v) is 9.51. The van der Waals surface area contributed by atoms with Gasteiger partial charge in [-0.2, -0.15) is 0 Å². The van der Waals surface area contributed by atoms with E-state index in [1.54, 1.807) is 0 Å². The number of nitrogens with one attached hydrogen (secondary N) is 1. The smallest absolute Gasteiger partial charge is 0.00104 e. The Morgan fingerprint density at radius 3 is 2.10 bits per heavy atom. The standard InChI is InChI=1S/C20H41N/c1-8-16(9-2)12-18-13-19(20(5,6)7)11-10-17(18)14-21-15(3)4/h15-19,21H,8-14H2,1-7H3. The molecule has 0 bridgehead atoms. The molecule has 0 amide bonds. The monoisotopic (exact) mass is 295 g/mol. The topological polar surface area (TPSA) is 12.0 Å². The quantitative estimate of drug-likeness (QED) is 0.617.